The lowest BCUT2D eigenvalue weighted by Gasteiger charge is -2.27. The highest BCUT2D eigenvalue weighted by Crippen LogP contribution is 2.36. The van der Waals surface area contributed by atoms with Crippen LogP contribution in [-0.2, 0) is 0 Å². The quantitative estimate of drug-likeness (QED) is 0.809. The molecule has 1 aromatic carbocycles. The Labute approximate surface area is 120 Å². The van der Waals surface area contributed by atoms with Crippen LogP contribution in [-0.4, -0.2) is 23.1 Å². The summed E-state index contributed by atoms with van der Waals surface area (Å²) in [4.78, 5) is 11.2. The first-order valence-electron chi connectivity index (χ1n) is 7.20. The number of rotatable bonds is 1. The second kappa shape index (κ2) is 4.62. The average Bonchev–Trinajstić information content (AvgIpc) is 2.87. The minimum Gasteiger partial charge on any atom is -0.399 e. The van der Waals surface area contributed by atoms with Gasteiger partial charge in [0.05, 0.1) is 5.52 Å². The van der Waals surface area contributed by atoms with E-state index < -0.39 is 0 Å². The maximum Gasteiger partial charge on any atom is 0.139 e. The van der Waals surface area contributed by atoms with Gasteiger partial charge in [0.1, 0.15) is 12.1 Å². The molecular formula is C16H22N4. The third-order valence-electron chi connectivity index (χ3n) is 4.35. The smallest absolute Gasteiger partial charge is 0.139 e. The molecule has 4 heteroatoms. The van der Waals surface area contributed by atoms with Crippen LogP contribution < -0.4 is 10.6 Å². The fraction of sp³-hybridized carbons (Fsp3) is 0.500. The standard InChI is InChI=1S/C16H22N4/c1-16(2,3)11-6-7-20(9-11)15-13-5-4-12(17)8-14(13)18-10-19-15/h4-5,8,10-11H,6-7,9,17H2,1-3H3. The second-order valence-corrected chi connectivity index (χ2v) is 6.77. The normalized spacial score (nSPS) is 19.8. The highest BCUT2D eigenvalue weighted by Gasteiger charge is 2.32. The lowest BCUT2D eigenvalue weighted by Crippen LogP contribution is -2.26. The van der Waals surface area contributed by atoms with Crippen LogP contribution in [0.25, 0.3) is 10.9 Å². The number of nitrogens with two attached hydrogens (primary N) is 1. The van der Waals surface area contributed by atoms with Crippen molar-refractivity contribution in [3.8, 4) is 0 Å². The maximum atomic E-state index is 5.83. The number of fused-ring (bicyclic) bond motifs is 1. The van der Waals surface area contributed by atoms with Gasteiger partial charge >= 0.3 is 0 Å². The van der Waals surface area contributed by atoms with Crippen LogP contribution in [0.1, 0.15) is 27.2 Å². The van der Waals surface area contributed by atoms with Crippen molar-refractivity contribution < 1.29 is 0 Å². The molecule has 0 bridgehead atoms. The summed E-state index contributed by atoms with van der Waals surface area (Å²) in [5.74, 6) is 1.75. The van der Waals surface area contributed by atoms with Crippen molar-refractivity contribution in [2.24, 2.45) is 11.3 Å². The van der Waals surface area contributed by atoms with Crippen LogP contribution in [0.4, 0.5) is 11.5 Å². The minimum absolute atomic E-state index is 0.349. The Morgan fingerprint density at radius 3 is 2.75 bits per heavy atom. The first kappa shape index (κ1) is 13.2. The monoisotopic (exact) mass is 270 g/mol. The predicted octanol–water partition coefficient (Wildman–Crippen LogP) is 3.08. The van der Waals surface area contributed by atoms with Gasteiger partial charge in [-0.15, -0.1) is 0 Å². The summed E-state index contributed by atoms with van der Waals surface area (Å²) in [5.41, 5.74) is 7.85. The lowest BCUT2D eigenvalue weighted by atomic mass is 9.80. The molecule has 0 saturated carbocycles. The van der Waals surface area contributed by atoms with Crippen molar-refractivity contribution in [1.82, 2.24) is 9.97 Å². The fourth-order valence-corrected chi connectivity index (χ4v) is 2.97. The topological polar surface area (TPSA) is 55.0 Å². The Morgan fingerprint density at radius 2 is 2.05 bits per heavy atom. The summed E-state index contributed by atoms with van der Waals surface area (Å²) >= 11 is 0. The molecule has 2 aromatic rings. The molecular weight excluding hydrogens is 248 g/mol. The molecule has 2 heterocycles. The van der Waals surface area contributed by atoms with Crippen LogP contribution >= 0.6 is 0 Å². The number of nitrogens with zero attached hydrogens (tertiary/aromatic N) is 3. The van der Waals surface area contributed by atoms with E-state index in [2.05, 4.69) is 35.6 Å². The molecule has 1 atom stereocenters. The first-order chi connectivity index (χ1) is 9.45. The first-order valence-corrected chi connectivity index (χ1v) is 7.20. The van der Waals surface area contributed by atoms with Gasteiger partial charge in [0.25, 0.3) is 0 Å². The van der Waals surface area contributed by atoms with E-state index >= 15 is 0 Å². The van der Waals surface area contributed by atoms with Gasteiger partial charge < -0.3 is 10.6 Å². The third-order valence-corrected chi connectivity index (χ3v) is 4.35. The molecule has 1 saturated heterocycles. The molecule has 1 fully saturated rings. The number of aromatic nitrogens is 2. The van der Waals surface area contributed by atoms with E-state index in [-0.39, 0.29) is 0 Å². The molecule has 0 aliphatic carbocycles. The molecule has 0 spiro atoms. The van der Waals surface area contributed by atoms with Crippen molar-refractivity contribution in [1.29, 1.82) is 0 Å². The molecule has 20 heavy (non-hydrogen) atoms. The zero-order chi connectivity index (χ0) is 14.3. The van der Waals surface area contributed by atoms with Crippen molar-refractivity contribution in [3.63, 3.8) is 0 Å². The van der Waals surface area contributed by atoms with Crippen molar-refractivity contribution >= 4 is 22.4 Å². The lowest BCUT2D eigenvalue weighted by molar-refractivity contribution is 0.263. The summed E-state index contributed by atoms with van der Waals surface area (Å²) in [7, 11) is 0. The summed E-state index contributed by atoms with van der Waals surface area (Å²) < 4.78 is 0. The van der Waals surface area contributed by atoms with Crippen molar-refractivity contribution in [2.45, 2.75) is 27.2 Å². The van der Waals surface area contributed by atoms with Crippen LogP contribution in [0.3, 0.4) is 0 Å². The number of benzene rings is 1. The highest BCUT2D eigenvalue weighted by atomic mass is 15.2. The van der Waals surface area contributed by atoms with Crippen LogP contribution in [0.5, 0.6) is 0 Å². The fourth-order valence-electron chi connectivity index (χ4n) is 2.97. The summed E-state index contributed by atoms with van der Waals surface area (Å²) in [6.45, 7) is 9.10. The Hall–Kier alpha value is -1.84. The summed E-state index contributed by atoms with van der Waals surface area (Å²) in [6.07, 6.45) is 2.87. The van der Waals surface area contributed by atoms with Crippen LogP contribution in [0.2, 0.25) is 0 Å². The molecule has 0 radical (unpaired) electrons. The van der Waals surface area contributed by atoms with Gasteiger partial charge in [-0.25, -0.2) is 9.97 Å². The molecule has 3 rings (SSSR count). The van der Waals surface area contributed by atoms with E-state index in [1.807, 2.05) is 18.2 Å². The van der Waals surface area contributed by atoms with Gasteiger partial charge in [-0.2, -0.15) is 0 Å². The molecule has 1 aromatic heterocycles. The number of hydrogen-bond donors (Lipinski definition) is 1. The Bertz CT molecular complexity index is 630. The number of anilines is 2. The van der Waals surface area contributed by atoms with Crippen LogP contribution in [0, 0.1) is 11.3 Å². The van der Waals surface area contributed by atoms with Gasteiger partial charge in [-0.05, 0) is 36.0 Å². The second-order valence-electron chi connectivity index (χ2n) is 6.77. The van der Waals surface area contributed by atoms with Gasteiger partial charge in [-0.3, -0.25) is 0 Å². The zero-order valence-corrected chi connectivity index (χ0v) is 12.4. The molecule has 1 unspecified atom stereocenters. The van der Waals surface area contributed by atoms with E-state index in [1.165, 1.54) is 6.42 Å². The van der Waals surface area contributed by atoms with Crippen molar-refractivity contribution in [3.05, 3.63) is 24.5 Å². The SMILES string of the molecule is CC(C)(C)C1CCN(c2ncnc3cc(N)ccc23)C1. The highest BCUT2D eigenvalue weighted by molar-refractivity contribution is 5.91. The zero-order valence-electron chi connectivity index (χ0n) is 12.4. The van der Waals surface area contributed by atoms with E-state index in [1.54, 1.807) is 6.33 Å². The Kier molecular flexibility index (Phi) is 3.04. The number of hydrogen-bond acceptors (Lipinski definition) is 4. The van der Waals surface area contributed by atoms with Crippen molar-refractivity contribution in [2.75, 3.05) is 23.7 Å². The maximum absolute atomic E-state index is 5.83. The van der Waals surface area contributed by atoms with Crippen LogP contribution in [0.15, 0.2) is 24.5 Å². The number of nitrogen functional groups attached to an aromatic ring is 1. The van der Waals surface area contributed by atoms with E-state index in [0.717, 1.165) is 35.5 Å². The average molecular weight is 270 g/mol. The summed E-state index contributed by atoms with van der Waals surface area (Å²) in [5, 5.41) is 1.09. The van der Waals surface area contributed by atoms with Gasteiger partial charge in [0.2, 0.25) is 0 Å². The summed E-state index contributed by atoms with van der Waals surface area (Å²) in [6, 6.07) is 5.87. The van der Waals surface area contributed by atoms with Gasteiger partial charge in [0.15, 0.2) is 0 Å². The molecule has 0 amide bonds. The Morgan fingerprint density at radius 1 is 1.25 bits per heavy atom. The van der Waals surface area contributed by atoms with E-state index in [0.29, 0.717) is 11.3 Å². The molecule has 1 aliphatic heterocycles. The third kappa shape index (κ3) is 2.30. The largest absolute Gasteiger partial charge is 0.399 e. The molecule has 4 nitrogen and oxygen atoms in total. The van der Waals surface area contributed by atoms with Gasteiger partial charge in [0, 0.05) is 24.2 Å². The molecule has 106 valence electrons. The molecule has 2 N–H and O–H groups in total. The predicted molar refractivity (Wildman–Crippen MR) is 83.7 cm³/mol. The van der Waals surface area contributed by atoms with Gasteiger partial charge in [-0.1, -0.05) is 20.8 Å². The Balaban J connectivity index is 1.96. The van der Waals surface area contributed by atoms with E-state index in [4.69, 9.17) is 5.73 Å². The van der Waals surface area contributed by atoms with E-state index in [9.17, 15) is 0 Å². The minimum atomic E-state index is 0.349. The molecule has 1 aliphatic rings.